The van der Waals surface area contributed by atoms with Crippen LogP contribution in [0.25, 0.3) is 0 Å². The zero-order chi connectivity index (χ0) is 15.3. The monoisotopic (exact) mass is 281 g/mol. The summed E-state index contributed by atoms with van der Waals surface area (Å²) in [5.41, 5.74) is -0.206. The lowest BCUT2D eigenvalue weighted by Crippen LogP contribution is -2.40. The summed E-state index contributed by atoms with van der Waals surface area (Å²) in [5, 5.41) is 9.15. The maximum atomic E-state index is 11.9. The van der Waals surface area contributed by atoms with Crippen molar-refractivity contribution in [1.29, 1.82) is 0 Å². The second-order valence-electron chi connectivity index (χ2n) is 5.51. The van der Waals surface area contributed by atoms with Crippen LogP contribution in [0.5, 0.6) is 0 Å². The molecule has 0 atom stereocenters. The van der Waals surface area contributed by atoms with Gasteiger partial charge in [0.05, 0.1) is 6.54 Å². The van der Waals surface area contributed by atoms with Crippen LogP contribution in [-0.2, 0) is 10.2 Å². The molecule has 0 radical (unpaired) electrons. The molecular weight excluding hydrogens is 258 g/mol. The number of H-pyrrole nitrogens is 1. The second kappa shape index (κ2) is 6.49. The highest BCUT2D eigenvalue weighted by Crippen LogP contribution is 2.17. The highest BCUT2D eigenvalue weighted by atomic mass is 16.2. The van der Waals surface area contributed by atoms with Crippen molar-refractivity contribution in [1.82, 2.24) is 25.4 Å². The molecule has 0 aromatic carbocycles. The number of nitrogens with one attached hydrogen (secondary N) is 2. The van der Waals surface area contributed by atoms with E-state index >= 15 is 0 Å². The molecule has 1 heterocycles. The Kier molecular flexibility index (Phi) is 5.24. The van der Waals surface area contributed by atoms with Crippen molar-refractivity contribution in [2.75, 3.05) is 19.6 Å². The molecule has 0 saturated heterocycles. The number of nitrogens with zero attached hydrogens (tertiary/aromatic N) is 3. The predicted molar refractivity (Wildman–Crippen MR) is 75.3 cm³/mol. The fraction of sp³-hybridized carbons (Fsp3) is 0.692. The summed E-state index contributed by atoms with van der Waals surface area (Å²) in [7, 11) is 0. The van der Waals surface area contributed by atoms with Crippen LogP contribution < -0.4 is 5.32 Å². The molecule has 0 aliphatic carbocycles. The summed E-state index contributed by atoms with van der Waals surface area (Å²) >= 11 is 0. The van der Waals surface area contributed by atoms with Crippen molar-refractivity contribution in [3.63, 3.8) is 0 Å². The maximum absolute atomic E-state index is 11.9. The molecule has 2 amide bonds. The van der Waals surface area contributed by atoms with E-state index in [-0.39, 0.29) is 23.7 Å². The molecular formula is C13H23N5O2. The van der Waals surface area contributed by atoms with Crippen LogP contribution in [0.3, 0.4) is 0 Å². The summed E-state index contributed by atoms with van der Waals surface area (Å²) in [5.74, 6) is 0.132. The molecule has 0 unspecified atom stereocenters. The molecule has 20 heavy (non-hydrogen) atoms. The van der Waals surface area contributed by atoms with E-state index in [9.17, 15) is 9.59 Å². The topological polar surface area (TPSA) is 91.0 Å². The number of hydrogen-bond acceptors (Lipinski definition) is 4. The Balaban J connectivity index is 2.60. The van der Waals surface area contributed by atoms with Crippen molar-refractivity contribution in [2.45, 2.75) is 40.0 Å². The molecule has 0 aliphatic rings. The predicted octanol–water partition coefficient (Wildman–Crippen LogP) is 0.700. The van der Waals surface area contributed by atoms with Crippen molar-refractivity contribution in [2.24, 2.45) is 0 Å². The van der Waals surface area contributed by atoms with Gasteiger partial charge in [-0.1, -0.05) is 20.8 Å². The first kappa shape index (κ1) is 16.1. The van der Waals surface area contributed by atoms with Gasteiger partial charge in [-0.05, 0) is 13.8 Å². The van der Waals surface area contributed by atoms with Crippen molar-refractivity contribution in [3.05, 3.63) is 11.6 Å². The minimum absolute atomic E-state index is 0.0418. The Bertz CT molecular complexity index is 471. The van der Waals surface area contributed by atoms with Crippen LogP contribution in [0.15, 0.2) is 0 Å². The first-order chi connectivity index (χ1) is 9.29. The summed E-state index contributed by atoms with van der Waals surface area (Å²) in [4.78, 5) is 29.4. The zero-order valence-electron chi connectivity index (χ0n) is 12.8. The third-order valence-electron chi connectivity index (χ3n) is 2.92. The zero-order valence-corrected chi connectivity index (χ0v) is 12.8. The number of aromatic amines is 1. The highest BCUT2D eigenvalue weighted by Gasteiger charge is 2.21. The van der Waals surface area contributed by atoms with E-state index in [0.717, 1.165) is 0 Å². The van der Waals surface area contributed by atoms with E-state index in [1.165, 1.54) is 0 Å². The minimum atomic E-state index is -0.447. The largest absolute Gasteiger partial charge is 0.342 e. The van der Waals surface area contributed by atoms with Crippen LogP contribution in [0.1, 0.15) is 51.1 Å². The van der Waals surface area contributed by atoms with Gasteiger partial charge in [-0.2, -0.15) is 0 Å². The number of likely N-dealkylation sites (N-methyl/N-ethyl adjacent to an activating group) is 1. The molecule has 2 N–H and O–H groups in total. The Morgan fingerprint density at radius 2 is 1.85 bits per heavy atom. The Hall–Kier alpha value is -1.92. The van der Waals surface area contributed by atoms with Gasteiger partial charge in [-0.15, -0.1) is 5.10 Å². The minimum Gasteiger partial charge on any atom is -0.342 e. The van der Waals surface area contributed by atoms with Gasteiger partial charge in [-0.25, -0.2) is 4.98 Å². The Morgan fingerprint density at radius 3 is 2.30 bits per heavy atom. The van der Waals surface area contributed by atoms with E-state index in [0.29, 0.717) is 18.9 Å². The number of carbonyl (C=O) groups is 2. The normalized spacial score (nSPS) is 11.2. The lowest BCUT2D eigenvalue weighted by atomic mass is 9.96. The SMILES string of the molecule is CCN(CC)C(=O)CNC(=O)c1n[nH]c(C(C)(C)C)n1. The van der Waals surface area contributed by atoms with E-state index < -0.39 is 5.91 Å². The smallest absolute Gasteiger partial charge is 0.291 e. The van der Waals surface area contributed by atoms with Gasteiger partial charge in [0, 0.05) is 18.5 Å². The summed E-state index contributed by atoms with van der Waals surface area (Å²) in [6, 6.07) is 0. The summed E-state index contributed by atoms with van der Waals surface area (Å²) < 4.78 is 0. The van der Waals surface area contributed by atoms with Crippen LogP contribution >= 0.6 is 0 Å². The fourth-order valence-corrected chi connectivity index (χ4v) is 1.62. The average Bonchev–Trinajstić information content (AvgIpc) is 2.87. The highest BCUT2D eigenvalue weighted by molar-refractivity contribution is 5.93. The Labute approximate surface area is 119 Å². The van der Waals surface area contributed by atoms with Gasteiger partial charge in [0.1, 0.15) is 5.82 Å². The van der Waals surface area contributed by atoms with Gasteiger partial charge in [-0.3, -0.25) is 14.7 Å². The number of rotatable bonds is 5. The molecule has 7 heteroatoms. The lowest BCUT2D eigenvalue weighted by molar-refractivity contribution is -0.129. The van der Waals surface area contributed by atoms with E-state index in [2.05, 4.69) is 20.5 Å². The van der Waals surface area contributed by atoms with Crippen LogP contribution in [0.4, 0.5) is 0 Å². The van der Waals surface area contributed by atoms with Gasteiger partial charge < -0.3 is 10.2 Å². The van der Waals surface area contributed by atoms with Gasteiger partial charge in [0.15, 0.2) is 0 Å². The summed E-state index contributed by atoms with van der Waals surface area (Å²) in [6.07, 6.45) is 0. The van der Waals surface area contributed by atoms with Gasteiger partial charge in [0.25, 0.3) is 5.91 Å². The molecule has 0 saturated carbocycles. The molecule has 112 valence electrons. The quantitative estimate of drug-likeness (QED) is 0.831. The van der Waals surface area contributed by atoms with Crippen LogP contribution in [0, 0.1) is 0 Å². The summed E-state index contributed by atoms with van der Waals surface area (Å²) in [6.45, 7) is 10.9. The third-order valence-corrected chi connectivity index (χ3v) is 2.92. The molecule has 0 spiro atoms. The van der Waals surface area contributed by atoms with Crippen LogP contribution in [-0.4, -0.2) is 51.5 Å². The van der Waals surface area contributed by atoms with Crippen molar-refractivity contribution >= 4 is 11.8 Å². The Morgan fingerprint density at radius 1 is 1.25 bits per heavy atom. The van der Waals surface area contributed by atoms with Crippen molar-refractivity contribution in [3.8, 4) is 0 Å². The standard InChI is InChI=1S/C13H23N5O2/c1-6-18(7-2)9(19)8-14-11(20)10-15-12(17-16-10)13(3,4)5/h6-8H2,1-5H3,(H,14,20)(H,15,16,17). The van der Waals surface area contributed by atoms with E-state index in [1.54, 1.807) is 4.90 Å². The number of carbonyl (C=O) groups excluding carboxylic acids is 2. The van der Waals surface area contributed by atoms with E-state index in [4.69, 9.17) is 0 Å². The molecule has 1 aromatic rings. The van der Waals surface area contributed by atoms with Gasteiger partial charge in [0.2, 0.25) is 11.7 Å². The molecule has 1 aromatic heterocycles. The lowest BCUT2D eigenvalue weighted by Gasteiger charge is -2.18. The van der Waals surface area contributed by atoms with Gasteiger partial charge >= 0.3 is 0 Å². The maximum Gasteiger partial charge on any atom is 0.291 e. The molecule has 0 fully saturated rings. The molecule has 0 bridgehead atoms. The average molecular weight is 281 g/mol. The van der Waals surface area contributed by atoms with Crippen molar-refractivity contribution < 1.29 is 9.59 Å². The molecule has 0 aliphatic heterocycles. The second-order valence-corrected chi connectivity index (χ2v) is 5.51. The third kappa shape index (κ3) is 4.04. The van der Waals surface area contributed by atoms with E-state index in [1.807, 2.05) is 34.6 Å². The number of amides is 2. The molecule has 1 rings (SSSR count). The number of hydrogen-bond donors (Lipinski definition) is 2. The molecule has 7 nitrogen and oxygen atoms in total. The van der Waals surface area contributed by atoms with Crippen LogP contribution in [0.2, 0.25) is 0 Å². The number of aromatic nitrogens is 3. The fourth-order valence-electron chi connectivity index (χ4n) is 1.62. The first-order valence-electron chi connectivity index (χ1n) is 6.78. The first-order valence-corrected chi connectivity index (χ1v) is 6.78.